The monoisotopic (exact) mass is 235 g/mol. The summed E-state index contributed by atoms with van der Waals surface area (Å²) in [6.07, 6.45) is 0. The van der Waals surface area contributed by atoms with E-state index in [1.165, 1.54) is 12.1 Å². The summed E-state index contributed by atoms with van der Waals surface area (Å²) in [4.78, 5) is 0. The lowest BCUT2D eigenvalue weighted by molar-refractivity contribution is 0.265. The topological polar surface area (TPSA) is 74.9 Å². The van der Waals surface area contributed by atoms with Gasteiger partial charge in [-0.1, -0.05) is 0 Å². The molecule has 1 heterocycles. The molecule has 0 amide bonds. The Morgan fingerprint density at radius 1 is 1.35 bits per heavy atom. The molecule has 5 heteroatoms. The van der Waals surface area contributed by atoms with Crippen molar-refractivity contribution in [3.05, 3.63) is 41.8 Å². The minimum atomic E-state index is -0.278. The number of halogens is 1. The maximum absolute atomic E-state index is 12.8. The van der Waals surface area contributed by atoms with Gasteiger partial charge in [-0.15, -0.1) is 0 Å². The largest absolute Gasteiger partial charge is 0.396 e. The molecule has 0 saturated carbocycles. The highest BCUT2D eigenvalue weighted by Crippen LogP contribution is 2.21. The van der Waals surface area contributed by atoms with E-state index in [0.717, 1.165) is 11.3 Å². The van der Waals surface area contributed by atoms with Crippen molar-refractivity contribution in [3.63, 3.8) is 0 Å². The molecule has 0 bridgehead atoms. The second kappa shape index (κ2) is 5.07. The van der Waals surface area contributed by atoms with Gasteiger partial charge < -0.3 is 10.8 Å². The summed E-state index contributed by atoms with van der Waals surface area (Å²) >= 11 is 0. The molecule has 0 spiro atoms. The fourth-order valence-corrected chi connectivity index (χ4v) is 1.61. The number of aromatic amines is 1. The summed E-state index contributed by atoms with van der Waals surface area (Å²) in [6.45, 7) is 0.323. The van der Waals surface area contributed by atoms with Crippen LogP contribution in [-0.2, 0) is 0 Å². The number of aliphatic hydroxyl groups is 1. The quantitative estimate of drug-likeness (QED) is 0.746. The van der Waals surface area contributed by atoms with Gasteiger partial charge in [0, 0.05) is 23.7 Å². The molecule has 0 aliphatic rings. The summed E-state index contributed by atoms with van der Waals surface area (Å²) < 4.78 is 12.8. The molecular formula is C12H14FN3O. The van der Waals surface area contributed by atoms with Crippen molar-refractivity contribution in [2.24, 2.45) is 5.73 Å². The number of hydrogen-bond acceptors (Lipinski definition) is 3. The lowest BCUT2D eigenvalue weighted by Gasteiger charge is -2.07. The van der Waals surface area contributed by atoms with Gasteiger partial charge in [0.15, 0.2) is 0 Å². The summed E-state index contributed by atoms with van der Waals surface area (Å²) in [5, 5.41) is 16.1. The number of rotatable bonds is 4. The van der Waals surface area contributed by atoms with Crippen LogP contribution in [0.3, 0.4) is 0 Å². The van der Waals surface area contributed by atoms with Crippen molar-refractivity contribution < 1.29 is 9.50 Å². The predicted molar refractivity (Wildman–Crippen MR) is 62.9 cm³/mol. The Bertz CT molecular complexity index is 477. The van der Waals surface area contributed by atoms with Gasteiger partial charge in [-0.2, -0.15) is 5.10 Å². The third kappa shape index (κ3) is 2.51. The van der Waals surface area contributed by atoms with Gasteiger partial charge in [-0.25, -0.2) is 4.39 Å². The van der Waals surface area contributed by atoms with Crippen LogP contribution in [0.1, 0.15) is 11.6 Å². The zero-order chi connectivity index (χ0) is 12.3. The van der Waals surface area contributed by atoms with Crippen molar-refractivity contribution in [2.75, 3.05) is 13.2 Å². The maximum Gasteiger partial charge on any atom is 0.123 e. The molecule has 4 N–H and O–H groups in total. The van der Waals surface area contributed by atoms with Crippen LogP contribution in [0.15, 0.2) is 30.3 Å². The highest BCUT2D eigenvalue weighted by atomic mass is 19.1. The van der Waals surface area contributed by atoms with Gasteiger partial charge in [0.05, 0.1) is 12.3 Å². The van der Waals surface area contributed by atoms with E-state index in [2.05, 4.69) is 10.2 Å². The first-order valence-electron chi connectivity index (χ1n) is 5.36. The predicted octanol–water partition coefficient (Wildman–Crippen LogP) is 1.25. The minimum Gasteiger partial charge on any atom is -0.396 e. The van der Waals surface area contributed by atoms with E-state index in [0.29, 0.717) is 12.2 Å². The Morgan fingerprint density at radius 2 is 2.06 bits per heavy atom. The molecule has 1 atom stereocenters. The van der Waals surface area contributed by atoms with Gasteiger partial charge in [0.2, 0.25) is 0 Å². The Balaban J connectivity index is 2.26. The van der Waals surface area contributed by atoms with E-state index in [9.17, 15) is 4.39 Å². The normalized spacial score (nSPS) is 12.6. The van der Waals surface area contributed by atoms with Crippen LogP contribution in [0, 0.1) is 5.82 Å². The zero-order valence-corrected chi connectivity index (χ0v) is 9.23. The van der Waals surface area contributed by atoms with Crippen LogP contribution in [0.5, 0.6) is 0 Å². The third-order valence-electron chi connectivity index (χ3n) is 2.68. The van der Waals surface area contributed by atoms with Gasteiger partial charge in [-0.3, -0.25) is 5.10 Å². The molecule has 90 valence electrons. The summed E-state index contributed by atoms with van der Waals surface area (Å²) in [7, 11) is 0. The molecular weight excluding hydrogens is 221 g/mol. The van der Waals surface area contributed by atoms with E-state index in [-0.39, 0.29) is 18.3 Å². The fraction of sp³-hybridized carbons (Fsp3) is 0.250. The average Bonchev–Trinajstić information content (AvgIpc) is 2.81. The van der Waals surface area contributed by atoms with Gasteiger partial charge >= 0.3 is 0 Å². The van der Waals surface area contributed by atoms with Crippen molar-refractivity contribution in [3.8, 4) is 11.3 Å². The third-order valence-corrected chi connectivity index (χ3v) is 2.68. The number of nitrogens with zero attached hydrogens (tertiary/aromatic N) is 1. The molecule has 4 nitrogen and oxygen atoms in total. The van der Waals surface area contributed by atoms with Gasteiger partial charge in [0.25, 0.3) is 0 Å². The molecule has 0 aliphatic carbocycles. The number of aliphatic hydroxyl groups excluding tert-OH is 1. The molecule has 0 saturated heterocycles. The van der Waals surface area contributed by atoms with Crippen LogP contribution in [0.25, 0.3) is 11.3 Å². The van der Waals surface area contributed by atoms with E-state index in [1.54, 1.807) is 12.1 Å². The van der Waals surface area contributed by atoms with E-state index in [1.807, 2.05) is 6.07 Å². The molecule has 0 radical (unpaired) electrons. The second-order valence-corrected chi connectivity index (χ2v) is 3.83. The first-order chi connectivity index (χ1) is 8.24. The molecule has 1 aromatic carbocycles. The number of benzene rings is 1. The van der Waals surface area contributed by atoms with Crippen molar-refractivity contribution in [1.29, 1.82) is 0 Å². The first kappa shape index (κ1) is 11.8. The Labute approximate surface area is 98.3 Å². The number of H-pyrrole nitrogens is 1. The summed E-state index contributed by atoms with van der Waals surface area (Å²) in [5.41, 5.74) is 7.85. The van der Waals surface area contributed by atoms with E-state index >= 15 is 0 Å². The van der Waals surface area contributed by atoms with Crippen LogP contribution in [0.2, 0.25) is 0 Å². The second-order valence-electron chi connectivity index (χ2n) is 3.83. The molecule has 1 aromatic heterocycles. The van der Waals surface area contributed by atoms with E-state index < -0.39 is 0 Å². The van der Waals surface area contributed by atoms with Crippen LogP contribution in [0.4, 0.5) is 4.39 Å². The lowest BCUT2D eigenvalue weighted by Crippen LogP contribution is -2.16. The molecule has 0 fully saturated rings. The highest BCUT2D eigenvalue weighted by molar-refractivity contribution is 5.59. The lowest BCUT2D eigenvalue weighted by atomic mass is 10.1. The van der Waals surface area contributed by atoms with E-state index in [4.69, 9.17) is 10.8 Å². The Kier molecular flexibility index (Phi) is 3.51. The highest BCUT2D eigenvalue weighted by Gasteiger charge is 2.12. The van der Waals surface area contributed by atoms with Crippen molar-refractivity contribution in [1.82, 2.24) is 10.2 Å². The van der Waals surface area contributed by atoms with Crippen LogP contribution in [-0.4, -0.2) is 28.5 Å². The number of hydrogen-bond donors (Lipinski definition) is 3. The summed E-state index contributed by atoms with van der Waals surface area (Å²) in [6, 6.07) is 7.91. The minimum absolute atomic E-state index is 0.0262. The zero-order valence-electron chi connectivity index (χ0n) is 9.23. The summed E-state index contributed by atoms with van der Waals surface area (Å²) in [5.74, 6) is -0.420. The smallest absolute Gasteiger partial charge is 0.123 e. The SMILES string of the molecule is NCC(CO)c1cc(-c2ccc(F)cc2)n[nH]1. The fourth-order valence-electron chi connectivity index (χ4n) is 1.61. The number of nitrogens with one attached hydrogen (secondary N) is 1. The molecule has 2 rings (SSSR count). The Morgan fingerprint density at radius 3 is 2.65 bits per heavy atom. The molecule has 1 unspecified atom stereocenters. The first-order valence-corrected chi connectivity index (χ1v) is 5.36. The average molecular weight is 235 g/mol. The number of aromatic nitrogens is 2. The standard InChI is InChI=1S/C12H14FN3O/c13-10-3-1-8(2-4-10)11-5-12(16-15-11)9(6-14)7-17/h1-5,9,17H,6-7,14H2,(H,15,16). The van der Waals surface area contributed by atoms with Crippen LogP contribution >= 0.6 is 0 Å². The van der Waals surface area contributed by atoms with Crippen molar-refractivity contribution in [2.45, 2.75) is 5.92 Å². The molecule has 17 heavy (non-hydrogen) atoms. The maximum atomic E-state index is 12.8. The number of nitrogens with two attached hydrogens (primary N) is 1. The van der Waals surface area contributed by atoms with Gasteiger partial charge in [-0.05, 0) is 30.3 Å². The van der Waals surface area contributed by atoms with Crippen LogP contribution < -0.4 is 5.73 Å². The van der Waals surface area contributed by atoms with Crippen molar-refractivity contribution >= 4 is 0 Å². The molecule has 0 aliphatic heterocycles. The van der Waals surface area contributed by atoms with Gasteiger partial charge in [0.1, 0.15) is 5.82 Å². The molecule has 2 aromatic rings. The Hall–Kier alpha value is -1.72.